The van der Waals surface area contributed by atoms with Crippen molar-refractivity contribution in [1.29, 1.82) is 0 Å². The Morgan fingerprint density at radius 1 is 1.10 bits per heavy atom. The molecule has 0 aliphatic heterocycles. The van der Waals surface area contributed by atoms with Crippen LogP contribution in [0.15, 0.2) is 74.7 Å². The molecule has 0 saturated heterocycles. The molecule has 3 N–H and O–H groups in total. The molecule has 154 valence electrons. The van der Waals surface area contributed by atoms with E-state index in [4.69, 9.17) is 15.2 Å². The molecule has 0 fully saturated rings. The number of carbonyl (C=O) groups is 1. The van der Waals surface area contributed by atoms with Gasteiger partial charge in [0.15, 0.2) is 11.5 Å². The maximum absolute atomic E-state index is 12.4. The van der Waals surface area contributed by atoms with Crippen molar-refractivity contribution < 1.29 is 14.3 Å². The van der Waals surface area contributed by atoms with Gasteiger partial charge in [0.1, 0.15) is 6.61 Å². The van der Waals surface area contributed by atoms with Crippen molar-refractivity contribution in [2.24, 2.45) is 5.10 Å². The van der Waals surface area contributed by atoms with Gasteiger partial charge in [0.2, 0.25) is 0 Å². The number of ether oxygens (including phenoxy) is 2. The molecule has 0 atom stereocenters. The van der Waals surface area contributed by atoms with E-state index >= 15 is 0 Å². The van der Waals surface area contributed by atoms with Crippen molar-refractivity contribution in [3.8, 4) is 11.5 Å². The van der Waals surface area contributed by atoms with Crippen LogP contribution in [0.25, 0.3) is 0 Å². The number of hydrazone groups is 1. The highest BCUT2D eigenvalue weighted by Crippen LogP contribution is 2.29. The van der Waals surface area contributed by atoms with Gasteiger partial charge >= 0.3 is 0 Å². The molecule has 0 heterocycles. The van der Waals surface area contributed by atoms with Crippen LogP contribution >= 0.6 is 31.9 Å². The second-order valence-corrected chi connectivity index (χ2v) is 8.00. The Hall–Kier alpha value is -2.84. The molecular formula is C22H19Br2N3O3. The Morgan fingerprint density at radius 2 is 1.87 bits per heavy atom. The number of nitrogens with two attached hydrogens (primary N) is 1. The molecule has 0 radical (unpaired) electrons. The predicted octanol–water partition coefficient (Wildman–Crippen LogP) is 5.15. The summed E-state index contributed by atoms with van der Waals surface area (Å²) in [5.41, 5.74) is 10.9. The summed E-state index contributed by atoms with van der Waals surface area (Å²) in [5.74, 6) is 0.774. The highest BCUT2D eigenvalue weighted by Gasteiger charge is 2.13. The Bertz CT molecular complexity index is 1070. The number of methoxy groups -OCH3 is 1. The molecular weight excluding hydrogens is 514 g/mol. The summed E-state index contributed by atoms with van der Waals surface area (Å²) in [6, 6.07) is 18.7. The quantitative estimate of drug-likeness (QED) is 0.250. The van der Waals surface area contributed by atoms with Crippen molar-refractivity contribution in [1.82, 2.24) is 5.43 Å². The highest BCUT2D eigenvalue weighted by atomic mass is 79.9. The first kappa shape index (κ1) is 21.9. The van der Waals surface area contributed by atoms with Crippen molar-refractivity contribution in [3.63, 3.8) is 0 Å². The van der Waals surface area contributed by atoms with Gasteiger partial charge in [0.05, 0.1) is 24.6 Å². The Kier molecular flexibility index (Phi) is 7.48. The maximum Gasteiger partial charge on any atom is 0.273 e. The number of anilines is 1. The summed E-state index contributed by atoms with van der Waals surface area (Å²) in [5, 5.41) is 4.01. The average Bonchev–Trinajstić information content (AvgIpc) is 2.75. The molecule has 3 aromatic rings. The van der Waals surface area contributed by atoms with Gasteiger partial charge in [-0.2, -0.15) is 5.10 Å². The largest absolute Gasteiger partial charge is 0.493 e. The van der Waals surface area contributed by atoms with Crippen LogP contribution in [0.4, 0.5) is 5.69 Å². The summed E-state index contributed by atoms with van der Waals surface area (Å²) in [4.78, 5) is 12.4. The minimum atomic E-state index is -0.416. The van der Waals surface area contributed by atoms with Crippen molar-refractivity contribution in [2.75, 3.05) is 12.8 Å². The van der Waals surface area contributed by atoms with Gasteiger partial charge in [0.25, 0.3) is 5.91 Å². The van der Waals surface area contributed by atoms with Gasteiger partial charge in [-0.05, 0) is 57.4 Å². The van der Waals surface area contributed by atoms with Crippen LogP contribution in [-0.2, 0) is 6.61 Å². The molecule has 0 saturated carbocycles. The molecule has 8 heteroatoms. The fraction of sp³-hybridized carbons (Fsp3) is 0.0909. The number of nitrogens with one attached hydrogen (secondary N) is 1. The van der Waals surface area contributed by atoms with Gasteiger partial charge in [-0.1, -0.05) is 46.3 Å². The number of hydrogen-bond acceptors (Lipinski definition) is 5. The fourth-order valence-corrected chi connectivity index (χ4v) is 3.84. The molecule has 3 rings (SSSR count). The molecule has 0 aromatic heterocycles. The third-order valence-corrected chi connectivity index (χ3v) is 5.26. The van der Waals surface area contributed by atoms with Crippen molar-refractivity contribution in [2.45, 2.75) is 6.61 Å². The number of nitrogen functional groups attached to an aromatic ring is 1. The Labute approximate surface area is 191 Å². The molecule has 0 aliphatic rings. The molecule has 0 unspecified atom stereocenters. The summed E-state index contributed by atoms with van der Waals surface area (Å²) in [7, 11) is 1.57. The van der Waals surface area contributed by atoms with E-state index in [9.17, 15) is 4.79 Å². The molecule has 1 amide bonds. The number of carbonyl (C=O) groups excluding carboxylic acids is 1. The first-order valence-corrected chi connectivity index (χ1v) is 10.5. The monoisotopic (exact) mass is 531 g/mol. The van der Waals surface area contributed by atoms with E-state index in [1.54, 1.807) is 31.4 Å². The Morgan fingerprint density at radius 3 is 2.60 bits per heavy atom. The number of benzene rings is 3. The van der Waals surface area contributed by atoms with Gasteiger partial charge < -0.3 is 15.2 Å². The van der Waals surface area contributed by atoms with E-state index in [1.165, 1.54) is 6.21 Å². The SMILES string of the molecule is COc1cc(C=NNC(=O)c2cc(Br)cc(Br)c2N)ccc1OCc1ccccc1. The summed E-state index contributed by atoms with van der Waals surface area (Å²) in [6.07, 6.45) is 1.52. The lowest BCUT2D eigenvalue weighted by Gasteiger charge is -2.11. The first-order chi connectivity index (χ1) is 14.5. The third-order valence-electron chi connectivity index (χ3n) is 4.14. The van der Waals surface area contributed by atoms with Gasteiger partial charge in [-0.15, -0.1) is 0 Å². The third kappa shape index (κ3) is 5.61. The number of nitrogens with zero attached hydrogens (tertiary/aromatic N) is 1. The fourth-order valence-electron chi connectivity index (χ4n) is 2.62. The molecule has 0 spiro atoms. The van der Waals surface area contributed by atoms with Gasteiger partial charge in [-0.3, -0.25) is 4.79 Å². The summed E-state index contributed by atoms with van der Waals surface area (Å²) < 4.78 is 12.6. The van der Waals surface area contributed by atoms with Crippen LogP contribution < -0.4 is 20.6 Å². The lowest BCUT2D eigenvalue weighted by Crippen LogP contribution is -2.19. The number of hydrogen-bond donors (Lipinski definition) is 2. The normalized spacial score (nSPS) is 10.8. The molecule has 3 aromatic carbocycles. The van der Waals surface area contributed by atoms with Crippen LogP contribution in [0, 0.1) is 0 Å². The molecule has 30 heavy (non-hydrogen) atoms. The topological polar surface area (TPSA) is 85.9 Å². The standard InChI is InChI=1S/C22H19Br2N3O3/c1-29-20-9-15(7-8-19(20)30-13-14-5-3-2-4-6-14)12-26-27-22(28)17-10-16(23)11-18(24)21(17)25/h2-12H,13,25H2,1H3,(H,27,28). The summed E-state index contributed by atoms with van der Waals surface area (Å²) in [6.45, 7) is 0.435. The van der Waals surface area contributed by atoms with Crippen molar-refractivity contribution >= 4 is 49.7 Å². The van der Waals surface area contributed by atoms with Crippen LogP contribution in [0.1, 0.15) is 21.5 Å². The zero-order chi connectivity index (χ0) is 21.5. The van der Waals surface area contributed by atoms with E-state index in [0.717, 1.165) is 15.6 Å². The second-order valence-electron chi connectivity index (χ2n) is 6.23. The number of amides is 1. The van der Waals surface area contributed by atoms with Crippen LogP contribution in [0.3, 0.4) is 0 Å². The van der Waals surface area contributed by atoms with E-state index in [1.807, 2.05) is 36.4 Å². The Balaban J connectivity index is 1.66. The average molecular weight is 533 g/mol. The summed E-state index contributed by atoms with van der Waals surface area (Å²) >= 11 is 6.66. The van der Waals surface area contributed by atoms with Crippen LogP contribution in [0.2, 0.25) is 0 Å². The van der Waals surface area contributed by atoms with Gasteiger partial charge in [-0.25, -0.2) is 5.43 Å². The lowest BCUT2D eigenvalue weighted by atomic mass is 10.2. The lowest BCUT2D eigenvalue weighted by molar-refractivity contribution is 0.0956. The minimum absolute atomic E-state index is 0.315. The minimum Gasteiger partial charge on any atom is -0.493 e. The molecule has 0 aliphatic carbocycles. The van der Waals surface area contributed by atoms with E-state index in [0.29, 0.717) is 33.8 Å². The van der Waals surface area contributed by atoms with Crippen LogP contribution in [0.5, 0.6) is 11.5 Å². The van der Waals surface area contributed by atoms with E-state index in [-0.39, 0.29) is 0 Å². The van der Waals surface area contributed by atoms with Gasteiger partial charge in [0, 0.05) is 8.95 Å². The predicted molar refractivity (Wildman–Crippen MR) is 125 cm³/mol. The van der Waals surface area contributed by atoms with Crippen LogP contribution in [-0.4, -0.2) is 19.2 Å². The number of halogens is 2. The van der Waals surface area contributed by atoms with E-state index in [2.05, 4.69) is 42.4 Å². The second kappa shape index (κ2) is 10.3. The molecule has 6 nitrogen and oxygen atoms in total. The van der Waals surface area contributed by atoms with E-state index < -0.39 is 5.91 Å². The zero-order valence-corrected chi connectivity index (χ0v) is 19.2. The number of rotatable bonds is 7. The zero-order valence-electron chi connectivity index (χ0n) is 16.1. The smallest absolute Gasteiger partial charge is 0.273 e. The maximum atomic E-state index is 12.4. The van der Waals surface area contributed by atoms with Crippen molar-refractivity contribution in [3.05, 3.63) is 86.3 Å². The molecule has 0 bridgehead atoms. The first-order valence-electron chi connectivity index (χ1n) is 8.90. The highest BCUT2D eigenvalue weighted by molar-refractivity contribution is 9.11.